The third kappa shape index (κ3) is 15.3. The Kier molecular flexibility index (Phi) is 16.1. The van der Waals surface area contributed by atoms with E-state index < -0.39 is 12.4 Å². The second-order valence-corrected chi connectivity index (χ2v) is 6.66. The predicted octanol–water partition coefficient (Wildman–Crippen LogP) is 1.50. The summed E-state index contributed by atoms with van der Waals surface area (Å²) in [5, 5.41) is 37.7. The Morgan fingerprint density at radius 2 is 1.54 bits per heavy atom. The first-order valence-electron chi connectivity index (χ1n) is 9.48. The SMILES string of the molecule is CCCN(CCO)CC(O)CCCCCCCC(O)OCC(C)O. The highest BCUT2D eigenvalue weighted by atomic mass is 16.6. The van der Waals surface area contributed by atoms with Gasteiger partial charge in [0.05, 0.1) is 25.4 Å². The van der Waals surface area contributed by atoms with Crippen LogP contribution in [0.1, 0.15) is 65.2 Å². The zero-order valence-corrected chi connectivity index (χ0v) is 15.6. The van der Waals surface area contributed by atoms with E-state index in [0.717, 1.165) is 51.5 Å². The van der Waals surface area contributed by atoms with Crippen LogP contribution in [0.25, 0.3) is 0 Å². The van der Waals surface area contributed by atoms with Crippen LogP contribution >= 0.6 is 0 Å². The maximum atomic E-state index is 10.1. The molecule has 0 heterocycles. The van der Waals surface area contributed by atoms with Crippen LogP contribution in [-0.2, 0) is 4.74 Å². The number of hydrogen-bond acceptors (Lipinski definition) is 6. The fraction of sp³-hybridized carbons (Fsp3) is 1.00. The molecule has 6 heteroatoms. The first-order valence-corrected chi connectivity index (χ1v) is 9.48. The molecule has 3 unspecified atom stereocenters. The van der Waals surface area contributed by atoms with E-state index in [0.29, 0.717) is 19.5 Å². The fourth-order valence-electron chi connectivity index (χ4n) is 2.70. The highest BCUT2D eigenvalue weighted by Crippen LogP contribution is 2.11. The van der Waals surface area contributed by atoms with Crippen molar-refractivity contribution in [2.75, 3.05) is 32.8 Å². The lowest BCUT2D eigenvalue weighted by Gasteiger charge is -2.23. The van der Waals surface area contributed by atoms with Gasteiger partial charge in [-0.05, 0) is 39.2 Å². The number of rotatable bonds is 17. The molecule has 0 fully saturated rings. The van der Waals surface area contributed by atoms with Crippen molar-refractivity contribution in [1.82, 2.24) is 4.90 Å². The Labute approximate surface area is 147 Å². The zero-order chi connectivity index (χ0) is 18.2. The maximum absolute atomic E-state index is 10.1. The quantitative estimate of drug-likeness (QED) is 0.235. The molecule has 0 radical (unpaired) electrons. The van der Waals surface area contributed by atoms with E-state index in [-0.39, 0.29) is 19.3 Å². The normalized spacial score (nSPS) is 15.6. The number of aliphatic hydroxyl groups is 4. The summed E-state index contributed by atoms with van der Waals surface area (Å²) in [6.45, 7) is 6.22. The number of ether oxygens (including phenoxy) is 1. The van der Waals surface area contributed by atoms with Gasteiger partial charge in [0, 0.05) is 13.1 Å². The first kappa shape index (κ1) is 23.8. The molecule has 0 rings (SSSR count). The Balaban J connectivity index is 3.51. The first-order chi connectivity index (χ1) is 11.5. The molecule has 6 nitrogen and oxygen atoms in total. The smallest absolute Gasteiger partial charge is 0.154 e. The Hall–Kier alpha value is -0.240. The van der Waals surface area contributed by atoms with Crippen LogP contribution < -0.4 is 0 Å². The van der Waals surface area contributed by atoms with Gasteiger partial charge in [-0.1, -0.05) is 32.6 Å². The molecular formula is C18H39NO5. The maximum Gasteiger partial charge on any atom is 0.154 e. The molecule has 3 atom stereocenters. The van der Waals surface area contributed by atoms with Gasteiger partial charge in [0.15, 0.2) is 6.29 Å². The lowest BCUT2D eigenvalue weighted by atomic mass is 10.1. The average molecular weight is 350 g/mol. The van der Waals surface area contributed by atoms with Crippen LogP contribution in [0.2, 0.25) is 0 Å². The van der Waals surface area contributed by atoms with Crippen molar-refractivity contribution < 1.29 is 25.2 Å². The standard InChI is InChI=1S/C18H39NO5/c1-3-11-19(12-13-20)14-17(22)9-7-5-4-6-8-10-18(23)24-15-16(2)21/h16-18,20-23H,3-15H2,1-2H3. The topological polar surface area (TPSA) is 93.4 Å². The number of aliphatic hydroxyl groups excluding tert-OH is 4. The largest absolute Gasteiger partial charge is 0.395 e. The molecule has 0 aromatic carbocycles. The molecule has 0 aliphatic heterocycles. The summed E-state index contributed by atoms with van der Waals surface area (Å²) in [6, 6.07) is 0. The van der Waals surface area contributed by atoms with E-state index in [2.05, 4.69) is 11.8 Å². The Morgan fingerprint density at radius 3 is 2.12 bits per heavy atom. The van der Waals surface area contributed by atoms with E-state index in [1.807, 2.05) is 0 Å². The second kappa shape index (κ2) is 16.2. The molecular weight excluding hydrogens is 310 g/mol. The molecule has 0 saturated heterocycles. The Bertz CT molecular complexity index is 260. The van der Waals surface area contributed by atoms with Gasteiger partial charge >= 0.3 is 0 Å². The minimum atomic E-state index is -0.780. The third-order valence-electron chi connectivity index (χ3n) is 3.94. The highest BCUT2D eigenvalue weighted by molar-refractivity contribution is 4.64. The molecule has 0 aliphatic carbocycles. The van der Waals surface area contributed by atoms with Gasteiger partial charge in [-0.2, -0.15) is 0 Å². The summed E-state index contributed by atoms with van der Waals surface area (Å²) in [5.74, 6) is 0. The van der Waals surface area contributed by atoms with Crippen molar-refractivity contribution in [3.63, 3.8) is 0 Å². The summed E-state index contributed by atoms with van der Waals surface area (Å²) in [5.41, 5.74) is 0. The molecule has 0 spiro atoms. The van der Waals surface area contributed by atoms with Crippen LogP contribution in [0.15, 0.2) is 0 Å². The molecule has 146 valence electrons. The van der Waals surface area contributed by atoms with Crippen molar-refractivity contribution >= 4 is 0 Å². The van der Waals surface area contributed by atoms with Crippen LogP contribution in [0.5, 0.6) is 0 Å². The number of nitrogens with zero attached hydrogens (tertiary/aromatic N) is 1. The summed E-state index contributed by atoms with van der Waals surface area (Å²) >= 11 is 0. The molecule has 0 aromatic rings. The van der Waals surface area contributed by atoms with Crippen LogP contribution in [0, 0.1) is 0 Å². The van der Waals surface area contributed by atoms with Gasteiger partial charge in [-0.3, -0.25) is 4.90 Å². The summed E-state index contributed by atoms with van der Waals surface area (Å²) in [7, 11) is 0. The minimum absolute atomic E-state index is 0.138. The molecule has 0 aromatic heterocycles. The monoisotopic (exact) mass is 349 g/mol. The molecule has 4 N–H and O–H groups in total. The van der Waals surface area contributed by atoms with Crippen molar-refractivity contribution in [3.8, 4) is 0 Å². The molecule has 24 heavy (non-hydrogen) atoms. The van der Waals surface area contributed by atoms with Crippen molar-refractivity contribution in [2.45, 2.75) is 83.7 Å². The van der Waals surface area contributed by atoms with E-state index in [1.54, 1.807) is 6.92 Å². The highest BCUT2D eigenvalue weighted by Gasteiger charge is 2.10. The Morgan fingerprint density at radius 1 is 0.917 bits per heavy atom. The van der Waals surface area contributed by atoms with Crippen LogP contribution in [-0.4, -0.2) is 76.7 Å². The molecule has 0 saturated carbocycles. The van der Waals surface area contributed by atoms with E-state index in [4.69, 9.17) is 14.9 Å². The van der Waals surface area contributed by atoms with Gasteiger partial charge in [0.25, 0.3) is 0 Å². The summed E-state index contributed by atoms with van der Waals surface area (Å²) in [6.07, 6.45) is 5.89. The summed E-state index contributed by atoms with van der Waals surface area (Å²) in [4.78, 5) is 2.11. The number of unbranched alkanes of at least 4 members (excludes halogenated alkanes) is 4. The van der Waals surface area contributed by atoms with Gasteiger partial charge in [0.1, 0.15) is 0 Å². The molecule has 0 aliphatic rings. The van der Waals surface area contributed by atoms with E-state index in [1.165, 1.54) is 0 Å². The zero-order valence-electron chi connectivity index (χ0n) is 15.6. The predicted molar refractivity (Wildman–Crippen MR) is 95.8 cm³/mol. The van der Waals surface area contributed by atoms with Crippen LogP contribution in [0.3, 0.4) is 0 Å². The average Bonchev–Trinajstić information content (AvgIpc) is 2.52. The third-order valence-corrected chi connectivity index (χ3v) is 3.94. The van der Waals surface area contributed by atoms with E-state index in [9.17, 15) is 10.2 Å². The van der Waals surface area contributed by atoms with Gasteiger partial charge < -0.3 is 25.2 Å². The van der Waals surface area contributed by atoms with Crippen molar-refractivity contribution in [3.05, 3.63) is 0 Å². The summed E-state index contributed by atoms with van der Waals surface area (Å²) < 4.78 is 5.09. The fourth-order valence-corrected chi connectivity index (χ4v) is 2.70. The second-order valence-electron chi connectivity index (χ2n) is 6.66. The van der Waals surface area contributed by atoms with Gasteiger partial charge in [-0.15, -0.1) is 0 Å². The lowest BCUT2D eigenvalue weighted by Crippen LogP contribution is -2.35. The minimum Gasteiger partial charge on any atom is -0.395 e. The van der Waals surface area contributed by atoms with Gasteiger partial charge in [0.2, 0.25) is 0 Å². The molecule has 0 amide bonds. The van der Waals surface area contributed by atoms with Crippen LogP contribution in [0.4, 0.5) is 0 Å². The lowest BCUT2D eigenvalue weighted by molar-refractivity contribution is -0.123. The van der Waals surface area contributed by atoms with Gasteiger partial charge in [-0.25, -0.2) is 0 Å². The van der Waals surface area contributed by atoms with Crippen molar-refractivity contribution in [2.24, 2.45) is 0 Å². The number of hydrogen-bond donors (Lipinski definition) is 4. The van der Waals surface area contributed by atoms with Crippen molar-refractivity contribution in [1.29, 1.82) is 0 Å². The van der Waals surface area contributed by atoms with E-state index >= 15 is 0 Å². The molecule has 0 bridgehead atoms.